The lowest BCUT2D eigenvalue weighted by Crippen LogP contribution is -2.31. The van der Waals surface area contributed by atoms with E-state index in [2.05, 4.69) is 148 Å². The number of fused-ring (bicyclic) bond motifs is 12. The van der Waals surface area contributed by atoms with Gasteiger partial charge in [0.05, 0.1) is 22.3 Å². The summed E-state index contributed by atoms with van der Waals surface area (Å²) in [6.07, 6.45) is 7.88. The van der Waals surface area contributed by atoms with Crippen molar-refractivity contribution in [1.29, 1.82) is 0 Å². The Hall–Kier alpha value is -10.4. The van der Waals surface area contributed by atoms with Gasteiger partial charge in [-0.1, -0.05) is 107 Å². The molecular weight excluding hydrogens is 1140 g/mol. The Morgan fingerprint density at radius 1 is 0.344 bits per heavy atom. The van der Waals surface area contributed by atoms with Crippen LogP contribution in [-0.4, -0.2) is 0 Å². The van der Waals surface area contributed by atoms with Crippen LogP contribution >= 0.6 is 0 Å². The number of aromatic nitrogens is 4. The maximum absolute atomic E-state index is 8.33. The van der Waals surface area contributed by atoms with Gasteiger partial charge in [-0.2, -0.15) is 0 Å². The lowest BCUT2D eigenvalue weighted by Gasteiger charge is -2.09. The topological polar surface area (TPSA) is 68.1 Å². The van der Waals surface area contributed by atoms with Gasteiger partial charge in [-0.25, -0.2) is 18.3 Å². The molecule has 0 aliphatic carbocycles. The first kappa shape index (κ1) is 52.2. The summed E-state index contributed by atoms with van der Waals surface area (Å²) >= 11 is 0. The van der Waals surface area contributed by atoms with Crippen molar-refractivity contribution in [3.63, 3.8) is 0 Å². The van der Waals surface area contributed by atoms with Gasteiger partial charge in [0.2, 0.25) is 22.8 Å². The number of hydrogen-bond donors (Lipinski definition) is 0. The highest BCUT2D eigenvalue weighted by Crippen LogP contribution is 2.38. The minimum atomic E-state index is -2.40. The van der Waals surface area contributed by atoms with Gasteiger partial charge in [0, 0.05) is 101 Å². The first-order valence-electron chi connectivity index (χ1n) is 35.5. The summed E-state index contributed by atoms with van der Waals surface area (Å²) < 4.78 is 94.2. The molecule has 0 radical (unpaired) electrons. The van der Waals surface area contributed by atoms with Crippen molar-refractivity contribution in [2.75, 3.05) is 0 Å². The Kier molecular flexibility index (Phi) is 14.2. The van der Waals surface area contributed by atoms with E-state index in [4.69, 9.17) is 28.6 Å². The third-order valence-corrected chi connectivity index (χ3v) is 18.0. The van der Waals surface area contributed by atoms with E-state index in [-0.39, 0.29) is 6.42 Å². The maximum Gasteiger partial charge on any atom is 0.212 e. The number of para-hydroxylation sites is 4. The molecule has 93 heavy (non-hydrogen) atoms. The fourth-order valence-electron chi connectivity index (χ4n) is 13.0. The normalized spacial score (nSPS) is 13.8. The number of pyridine rings is 4. The summed E-state index contributed by atoms with van der Waals surface area (Å²) in [5.74, 6) is -2.29. The molecule has 0 aliphatic heterocycles. The molecule has 0 bridgehead atoms. The van der Waals surface area contributed by atoms with E-state index in [1.807, 2.05) is 154 Å². The zero-order chi connectivity index (χ0) is 71.8. The van der Waals surface area contributed by atoms with Gasteiger partial charge in [0.15, 0.2) is 24.8 Å². The van der Waals surface area contributed by atoms with Crippen LogP contribution in [0.15, 0.2) is 237 Å². The molecule has 8 heteroatoms. The highest BCUT2D eigenvalue weighted by Gasteiger charge is 2.22. The number of nitrogens with zero attached hydrogens (tertiary/aromatic N) is 4. The monoisotopic (exact) mass is 1230 g/mol. The maximum atomic E-state index is 8.33. The molecule has 16 aromatic rings. The summed E-state index contributed by atoms with van der Waals surface area (Å²) in [4.78, 5) is 0. The number of aryl methyl sites for hydroxylation is 10. The van der Waals surface area contributed by atoms with Crippen LogP contribution in [0.3, 0.4) is 0 Å². The van der Waals surface area contributed by atoms with E-state index in [1.165, 1.54) is 45.6 Å². The quantitative estimate of drug-likeness (QED) is 0.149. The van der Waals surface area contributed by atoms with Crippen molar-refractivity contribution in [1.82, 2.24) is 0 Å². The molecule has 8 nitrogen and oxygen atoms in total. The lowest BCUT2D eigenvalue weighted by atomic mass is 9.97. The summed E-state index contributed by atoms with van der Waals surface area (Å²) in [7, 11) is 7.94. The van der Waals surface area contributed by atoms with Crippen LogP contribution in [0.5, 0.6) is 0 Å². The summed E-state index contributed by atoms with van der Waals surface area (Å²) in [5.41, 5.74) is 24.1. The number of furan rings is 4. The predicted octanol–water partition coefficient (Wildman–Crippen LogP) is 20.7. The van der Waals surface area contributed by atoms with E-state index < -0.39 is 25.5 Å². The SMILES string of the molecule is Cc1ccc(-c2cc3oc4ccccc4c3cc2C)[n+](C)c1.[2H]C(C)(C)c1cc[n+](C)c(-c2cc3oc4ccccc4c3cc2C)c1.[2H]C([2H])([2H])C([2H])(C)c1ccc(-c2cc3oc4ccccc4c3cc2C)[n+](C)c1.[2H]C([2H])([2H])Cc1ccc(-c2cc3oc4ccccc4c3cc2C)[n+](C)c1. The van der Waals surface area contributed by atoms with Crippen LogP contribution in [0.1, 0.15) is 102 Å². The first-order chi connectivity index (χ1) is 47.9. The highest BCUT2D eigenvalue weighted by atomic mass is 16.3. The van der Waals surface area contributed by atoms with Crippen LogP contribution in [0, 0.1) is 34.6 Å². The molecule has 462 valence electrons. The third kappa shape index (κ3) is 12.0. The Labute approximate surface area is 556 Å². The van der Waals surface area contributed by atoms with Gasteiger partial charge in [0.25, 0.3) is 0 Å². The molecule has 0 saturated carbocycles. The van der Waals surface area contributed by atoms with E-state index in [0.29, 0.717) is 5.56 Å². The van der Waals surface area contributed by atoms with Gasteiger partial charge in [-0.05, 0) is 172 Å². The van der Waals surface area contributed by atoms with Gasteiger partial charge in [-0.15, -0.1) is 0 Å². The summed E-state index contributed by atoms with van der Waals surface area (Å²) in [6.45, 7) is 11.5. The van der Waals surface area contributed by atoms with Gasteiger partial charge < -0.3 is 17.7 Å². The third-order valence-electron chi connectivity index (χ3n) is 18.0. The molecule has 8 aromatic heterocycles. The fourth-order valence-corrected chi connectivity index (χ4v) is 13.0. The molecule has 0 fully saturated rings. The van der Waals surface area contributed by atoms with Gasteiger partial charge in [-0.3, -0.25) is 0 Å². The summed E-state index contributed by atoms with van der Waals surface area (Å²) in [5, 5.41) is 9.07. The minimum Gasteiger partial charge on any atom is -0.456 e. The number of benzene rings is 8. The molecule has 1 atom stereocenters. The van der Waals surface area contributed by atoms with Crippen LogP contribution in [-0.2, 0) is 34.6 Å². The highest BCUT2D eigenvalue weighted by molar-refractivity contribution is 6.09. The second-order valence-corrected chi connectivity index (χ2v) is 24.9. The van der Waals surface area contributed by atoms with Crippen LogP contribution in [0.25, 0.3) is 133 Å². The molecule has 8 aromatic carbocycles. The molecule has 0 aliphatic rings. The second kappa shape index (κ2) is 25.3. The number of rotatable bonds is 7. The second-order valence-electron chi connectivity index (χ2n) is 24.9. The minimum absolute atomic E-state index is 0.0721. The molecule has 1 unspecified atom stereocenters. The van der Waals surface area contributed by atoms with E-state index in [1.54, 1.807) is 12.3 Å². The average Bonchev–Trinajstić information content (AvgIpc) is 1.67. The van der Waals surface area contributed by atoms with E-state index in [9.17, 15) is 0 Å². The Balaban J connectivity index is 0.000000121. The molecule has 8 heterocycles. The van der Waals surface area contributed by atoms with Crippen molar-refractivity contribution in [3.8, 4) is 45.0 Å². The molecule has 16 rings (SSSR count). The van der Waals surface area contributed by atoms with Crippen molar-refractivity contribution in [2.45, 2.75) is 87.3 Å². The molecule has 0 N–H and O–H groups in total. The Morgan fingerprint density at radius 3 is 1.10 bits per heavy atom. The molecule has 0 saturated heterocycles. The van der Waals surface area contributed by atoms with Crippen LogP contribution < -0.4 is 18.3 Å². The predicted molar refractivity (Wildman–Crippen MR) is 383 cm³/mol. The van der Waals surface area contributed by atoms with Crippen molar-refractivity contribution in [2.24, 2.45) is 28.2 Å². The molecular formula is C85H82N4O4+4. The van der Waals surface area contributed by atoms with Crippen LogP contribution in [0.4, 0.5) is 0 Å². The Bertz CT molecular complexity index is 5880. The van der Waals surface area contributed by atoms with Crippen LogP contribution in [0.2, 0.25) is 0 Å². The zero-order valence-corrected chi connectivity index (χ0v) is 54.9. The first-order valence-corrected chi connectivity index (χ1v) is 31.5. The van der Waals surface area contributed by atoms with E-state index in [0.717, 1.165) is 133 Å². The zero-order valence-electron chi connectivity index (χ0n) is 62.9. The lowest BCUT2D eigenvalue weighted by molar-refractivity contribution is -0.661. The standard InChI is InChI=1S/2C22H22NO.C21H20NO.C20H18NO/c1-14(2)16-9-10-20(23(4)13-16)18-12-22-19(11-15(18)3)17-7-5-6-8-21(17)24-22;1-14(2)16-9-10-23(4)20(12-16)18-13-22-19(11-15(18)3)17-7-5-6-8-21(17)24-22;1-4-15-9-10-19(22(3)13-15)17-12-21-18(11-14(17)2)16-7-5-6-8-20(16)23-21;1-13-8-9-18(21(3)12-13)16-11-20-17(10-14(16)2)15-6-4-5-7-19(15)22-20/h2*5-14H,1-4H3;5-13H,4H2,1-3H3;4-12H,1-3H3/q4*+1/i1D3,14D;14D;1D3;. The Morgan fingerprint density at radius 2 is 0.720 bits per heavy atom. The summed E-state index contributed by atoms with van der Waals surface area (Å²) in [6, 6.07) is 65.4. The fraction of sp³-hybridized carbons (Fsp3) is 0.200. The average molecular weight is 1230 g/mol. The van der Waals surface area contributed by atoms with Gasteiger partial charge >= 0.3 is 0 Å². The van der Waals surface area contributed by atoms with Crippen molar-refractivity contribution >= 4 is 87.8 Å². The van der Waals surface area contributed by atoms with Crippen molar-refractivity contribution < 1.29 is 46.9 Å². The molecule has 0 amide bonds. The van der Waals surface area contributed by atoms with Crippen molar-refractivity contribution in [3.05, 3.63) is 263 Å². The van der Waals surface area contributed by atoms with Gasteiger partial charge in [0.1, 0.15) is 72.9 Å². The molecule has 0 spiro atoms. The number of hydrogen-bond acceptors (Lipinski definition) is 4. The van der Waals surface area contributed by atoms with E-state index >= 15 is 0 Å². The largest absolute Gasteiger partial charge is 0.456 e. The smallest absolute Gasteiger partial charge is 0.212 e.